The summed E-state index contributed by atoms with van der Waals surface area (Å²) in [4.78, 5) is 11.6. The van der Waals surface area contributed by atoms with Crippen molar-refractivity contribution in [2.75, 3.05) is 6.54 Å². The van der Waals surface area contributed by atoms with Crippen molar-refractivity contribution in [2.24, 2.45) is 7.05 Å². The highest BCUT2D eigenvalue weighted by molar-refractivity contribution is 5.78. The van der Waals surface area contributed by atoms with Gasteiger partial charge >= 0.3 is 0 Å². The molecular formula is C13H22N4O. The van der Waals surface area contributed by atoms with Crippen LogP contribution in [0.4, 0.5) is 0 Å². The normalized spacial score (nSPS) is 16.7. The molecule has 2 rings (SSSR count). The van der Waals surface area contributed by atoms with Gasteiger partial charge in [0.25, 0.3) is 0 Å². The molecule has 1 fully saturated rings. The molecule has 1 aromatic heterocycles. The lowest BCUT2D eigenvalue weighted by molar-refractivity contribution is -0.120. The van der Waals surface area contributed by atoms with E-state index in [-0.39, 0.29) is 11.9 Å². The predicted octanol–water partition coefficient (Wildman–Crippen LogP) is 0.966. The molecule has 0 spiro atoms. The highest BCUT2D eigenvalue weighted by Gasteiger charge is 2.23. The van der Waals surface area contributed by atoms with Crippen molar-refractivity contribution in [1.82, 2.24) is 20.4 Å². The van der Waals surface area contributed by atoms with E-state index in [9.17, 15) is 4.79 Å². The van der Waals surface area contributed by atoms with Crippen LogP contribution in [0.2, 0.25) is 0 Å². The van der Waals surface area contributed by atoms with Gasteiger partial charge in [0.05, 0.1) is 12.2 Å². The molecule has 0 aromatic carbocycles. The molecule has 1 unspecified atom stereocenters. The van der Waals surface area contributed by atoms with Crippen LogP contribution in [0.3, 0.4) is 0 Å². The van der Waals surface area contributed by atoms with E-state index in [1.165, 1.54) is 5.56 Å². The summed E-state index contributed by atoms with van der Waals surface area (Å²) in [5, 5.41) is 10.6. The first kappa shape index (κ1) is 13.1. The van der Waals surface area contributed by atoms with E-state index in [0.29, 0.717) is 12.6 Å². The standard InChI is InChI=1S/C13H22N4O/c1-8(13-9(2)16-17(4)10(13)3)14-7-12(18)15-11-5-6-11/h8,11,14H,5-7H2,1-4H3,(H,15,18). The van der Waals surface area contributed by atoms with Gasteiger partial charge in [0, 0.05) is 30.4 Å². The molecule has 5 heteroatoms. The van der Waals surface area contributed by atoms with Gasteiger partial charge in [-0.2, -0.15) is 5.10 Å². The SMILES string of the molecule is Cc1nn(C)c(C)c1C(C)NCC(=O)NC1CC1. The second-order valence-corrected chi connectivity index (χ2v) is 5.15. The second kappa shape index (κ2) is 5.10. The van der Waals surface area contributed by atoms with Crippen molar-refractivity contribution in [3.8, 4) is 0 Å². The molecule has 1 amide bonds. The smallest absolute Gasteiger partial charge is 0.234 e. The molecule has 2 N–H and O–H groups in total. The summed E-state index contributed by atoms with van der Waals surface area (Å²) in [6, 6.07) is 0.570. The van der Waals surface area contributed by atoms with Crippen LogP contribution in [-0.2, 0) is 11.8 Å². The minimum atomic E-state index is 0.0866. The fourth-order valence-corrected chi connectivity index (χ4v) is 2.27. The fourth-order valence-electron chi connectivity index (χ4n) is 2.27. The Balaban J connectivity index is 1.90. The lowest BCUT2D eigenvalue weighted by Gasteiger charge is -2.14. The van der Waals surface area contributed by atoms with E-state index in [1.807, 2.05) is 18.7 Å². The van der Waals surface area contributed by atoms with Crippen LogP contribution in [0, 0.1) is 13.8 Å². The van der Waals surface area contributed by atoms with Crippen LogP contribution in [0.25, 0.3) is 0 Å². The van der Waals surface area contributed by atoms with Crippen molar-refractivity contribution in [3.63, 3.8) is 0 Å². The first-order chi connectivity index (χ1) is 8.49. The molecule has 1 aliphatic carbocycles. The molecular weight excluding hydrogens is 228 g/mol. The Morgan fingerprint density at radius 2 is 2.17 bits per heavy atom. The number of carbonyl (C=O) groups is 1. The Kier molecular flexibility index (Phi) is 3.71. The molecule has 18 heavy (non-hydrogen) atoms. The molecule has 5 nitrogen and oxygen atoms in total. The van der Waals surface area contributed by atoms with Crippen molar-refractivity contribution in [2.45, 2.75) is 45.7 Å². The zero-order chi connectivity index (χ0) is 13.3. The van der Waals surface area contributed by atoms with Gasteiger partial charge in [-0.15, -0.1) is 0 Å². The third kappa shape index (κ3) is 2.90. The number of aromatic nitrogens is 2. The van der Waals surface area contributed by atoms with E-state index >= 15 is 0 Å². The molecule has 0 bridgehead atoms. The molecule has 1 heterocycles. The third-order valence-electron chi connectivity index (χ3n) is 3.51. The monoisotopic (exact) mass is 250 g/mol. The van der Waals surface area contributed by atoms with E-state index < -0.39 is 0 Å². The lowest BCUT2D eigenvalue weighted by Crippen LogP contribution is -2.36. The lowest BCUT2D eigenvalue weighted by atomic mass is 10.1. The maximum absolute atomic E-state index is 11.6. The Hall–Kier alpha value is -1.36. The summed E-state index contributed by atoms with van der Waals surface area (Å²) < 4.78 is 1.88. The highest BCUT2D eigenvalue weighted by Crippen LogP contribution is 2.20. The van der Waals surface area contributed by atoms with Crippen LogP contribution >= 0.6 is 0 Å². The van der Waals surface area contributed by atoms with E-state index in [2.05, 4.69) is 29.6 Å². The fraction of sp³-hybridized carbons (Fsp3) is 0.692. The zero-order valence-corrected chi connectivity index (χ0v) is 11.6. The minimum absolute atomic E-state index is 0.0866. The molecule has 0 radical (unpaired) electrons. The Labute approximate surface area is 108 Å². The number of carbonyl (C=O) groups excluding carboxylic acids is 1. The minimum Gasteiger partial charge on any atom is -0.352 e. The Morgan fingerprint density at radius 1 is 1.50 bits per heavy atom. The van der Waals surface area contributed by atoms with Gasteiger partial charge in [-0.25, -0.2) is 0 Å². The average molecular weight is 250 g/mol. The number of aryl methyl sites for hydroxylation is 2. The number of nitrogens with one attached hydrogen (secondary N) is 2. The maximum atomic E-state index is 11.6. The van der Waals surface area contributed by atoms with Crippen LogP contribution in [0.1, 0.15) is 42.8 Å². The second-order valence-electron chi connectivity index (χ2n) is 5.15. The summed E-state index contributed by atoms with van der Waals surface area (Å²) in [6.07, 6.45) is 2.25. The summed E-state index contributed by atoms with van der Waals surface area (Å²) in [5.41, 5.74) is 3.37. The Bertz CT molecular complexity index is 448. The van der Waals surface area contributed by atoms with Crippen molar-refractivity contribution >= 4 is 5.91 Å². The molecule has 1 saturated carbocycles. The molecule has 0 aliphatic heterocycles. The van der Waals surface area contributed by atoms with E-state index in [0.717, 1.165) is 24.2 Å². The largest absolute Gasteiger partial charge is 0.352 e. The molecule has 0 saturated heterocycles. The number of nitrogens with zero attached hydrogens (tertiary/aromatic N) is 2. The van der Waals surface area contributed by atoms with Gasteiger partial charge in [0.2, 0.25) is 5.91 Å². The van der Waals surface area contributed by atoms with E-state index in [4.69, 9.17) is 0 Å². The van der Waals surface area contributed by atoms with Crippen LogP contribution in [-0.4, -0.2) is 28.3 Å². The first-order valence-electron chi connectivity index (χ1n) is 6.52. The van der Waals surface area contributed by atoms with Crippen LogP contribution < -0.4 is 10.6 Å². The average Bonchev–Trinajstić information content (AvgIpc) is 3.05. The highest BCUT2D eigenvalue weighted by atomic mass is 16.2. The van der Waals surface area contributed by atoms with Crippen LogP contribution in [0.5, 0.6) is 0 Å². The van der Waals surface area contributed by atoms with Gasteiger partial charge < -0.3 is 10.6 Å². The van der Waals surface area contributed by atoms with E-state index in [1.54, 1.807) is 0 Å². The van der Waals surface area contributed by atoms with Gasteiger partial charge in [-0.1, -0.05) is 0 Å². The Morgan fingerprint density at radius 3 is 2.67 bits per heavy atom. The summed E-state index contributed by atoms with van der Waals surface area (Å²) >= 11 is 0. The van der Waals surface area contributed by atoms with Crippen molar-refractivity contribution in [3.05, 3.63) is 17.0 Å². The summed E-state index contributed by atoms with van der Waals surface area (Å²) in [7, 11) is 1.94. The molecule has 1 atom stereocenters. The zero-order valence-electron chi connectivity index (χ0n) is 11.6. The molecule has 1 aliphatic rings. The van der Waals surface area contributed by atoms with Gasteiger partial charge in [0.15, 0.2) is 0 Å². The quantitative estimate of drug-likeness (QED) is 0.818. The number of hydrogen-bond donors (Lipinski definition) is 2. The van der Waals surface area contributed by atoms with Gasteiger partial charge in [0.1, 0.15) is 0 Å². The first-order valence-corrected chi connectivity index (χ1v) is 6.52. The summed E-state index contributed by atoms with van der Waals surface area (Å²) in [5.74, 6) is 0.0866. The predicted molar refractivity (Wildman–Crippen MR) is 70.3 cm³/mol. The number of rotatable bonds is 5. The molecule has 1 aromatic rings. The number of amides is 1. The van der Waals surface area contributed by atoms with Crippen molar-refractivity contribution < 1.29 is 4.79 Å². The maximum Gasteiger partial charge on any atom is 0.234 e. The van der Waals surface area contributed by atoms with Crippen molar-refractivity contribution in [1.29, 1.82) is 0 Å². The van der Waals surface area contributed by atoms with Gasteiger partial charge in [-0.05, 0) is 33.6 Å². The third-order valence-corrected chi connectivity index (χ3v) is 3.51. The van der Waals surface area contributed by atoms with Gasteiger partial charge in [-0.3, -0.25) is 9.48 Å². The number of hydrogen-bond acceptors (Lipinski definition) is 3. The molecule has 100 valence electrons. The van der Waals surface area contributed by atoms with Crippen LogP contribution in [0.15, 0.2) is 0 Å². The topological polar surface area (TPSA) is 59.0 Å². The summed E-state index contributed by atoms with van der Waals surface area (Å²) in [6.45, 7) is 6.50.